The summed E-state index contributed by atoms with van der Waals surface area (Å²) in [5, 5.41) is 10.2. The van der Waals surface area contributed by atoms with Crippen molar-refractivity contribution in [2.24, 2.45) is 0 Å². The Morgan fingerprint density at radius 2 is 0.855 bits per heavy atom. The standard InChI is InChI=1S/C53H82O2/c1-40(2)21-13-22-41(3)23-14-24-42(4)25-15-26-43(5)27-16-28-44(6)29-17-30-45(7)31-18-32-46(8)33-19-34-47(9)35-20-37-53(12)38-36-50-39-51(54)48(10)49(11)52(50)55-53/h21,23,25,27,29,31,33,35,39,54H,13-20,22,24,26,28,30,32,34,36-38H2,1-12H3. The van der Waals surface area contributed by atoms with Crippen LogP contribution in [0.2, 0.25) is 0 Å². The Kier molecular flexibility index (Phi) is 22.5. The van der Waals surface area contributed by atoms with Crippen molar-refractivity contribution in [2.45, 2.75) is 204 Å². The second kappa shape index (κ2) is 25.8. The maximum atomic E-state index is 10.2. The van der Waals surface area contributed by atoms with E-state index < -0.39 is 0 Å². The highest BCUT2D eigenvalue weighted by Gasteiger charge is 2.32. The molecule has 1 aliphatic rings. The second-order valence-corrected chi connectivity index (χ2v) is 17.6. The Morgan fingerprint density at radius 1 is 0.527 bits per heavy atom. The fourth-order valence-corrected chi connectivity index (χ4v) is 7.35. The lowest BCUT2D eigenvalue weighted by atomic mass is 9.87. The minimum Gasteiger partial charge on any atom is -0.508 e. The van der Waals surface area contributed by atoms with Crippen LogP contribution in [0, 0.1) is 13.8 Å². The molecule has 0 radical (unpaired) electrons. The summed E-state index contributed by atoms with van der Waals surface area (Å²) in [4.78, 5) is 0. The van der Waals surface area contributed by atoms with Crippen LogP contribution in [0.25, 0.3) is 0 Å². The Morgan fingerprint density at radius 3 is 1.20 bits per heavy atom. The van der Waals surface area contributed by atoms with Crippen molar-refractivity contribution >= 4 is 0 Å². The molecule has 1 unspecified atom stereocenters. The van der Waals surface area contributed by atoms with Crippen LogP contribution >= 0.6 is 0 Å². The van der Waals surface area contributed by atoms with Crippen LogP contribution in [-0.2, 0) is 6.42 Å². The summed E-state index contributed by atoms with van der Waals surface area (Å²) in [6.07, 6.45) is 39.7. The number of allylic oxidation sites excluding steroid dienone is 16. The number of ether oxygens (including phenoxy) is 1. The van der Waals surface area contributed by atoms with Gasteiger partial charge in [0.1, 0.15) is 17.1 Å². The van der Waals surface area contributed by atoms with Gasteiger partial charge in [0.15, 0.2) is 0 Å². The lowest BCUT2D eigenvalue weighted by Gasteiger charge is -2.37. The van der Waals surface area contributed by atoms with Gasteiger partial charge in [0, 0.05) is 0 Å². The molecular weight excluding hydrogens is 669 g/mol. The highest BCUT2D eigenvalue weighted by Crippen LogP contribution is 2.41. The number of fused-ring (bicyclic) bond motifs is 1. The molecule has 2 heteroatoms. The number of rotatable bonds is 24. The van der Waals surface area contributed by atoms with E-state index in [0.717, 1.165) is 106 Å². The van der Waals surface area contributed by atoms with Gasteiger partial charge in [-0.3, -0.25) is 0 Å². The molecule has 0 aromatic heterocycles. The van der Waals surface area contributed by atoms with Gasteiger partial charge in [-0.15, -0.1) is 0 Å². The van der Waals surface area contributed by atoms with Crippen LogP contribution < -0.4 is 4.74 Å². The monoisotopic (exact) mass is 751 g/mol. The Labute approximate surface area is 340 Å². The maximum Gasteiger partial charge on any atom is 0.126 e. The van der Waals surface area contributed by atoms with Gasteiger partial charge in [-0.25, -0.2) is 0 Å². The molecule has 0 spiro atoms. The predicted octanol–water partition coefficient (Wildman–Crippen LogP) is 16.9. The summed E-state index contributed by atoms with van der Waals surface area (Å²) in [6.45, 7) is 26.7. The van der Waals surface area contributed by atoms with Crippen molar-refractivity contribution in [3.05, 3.63) is 116 Å². The molecule has 1 heterocycles. The van der Waals surface area contributed by atoms with Gasteiger partial charge < -0.3 is 9.84 Å². The molecule has 2 rings (SSSR count). The normalized spacial score (nSPS) is 17.7. The van der Waals surface area contributed by atoms with Crippen LogP contribution in [0.4, 0.5) is 0 Å². The third kappa shape index (κ3) is 20.5. The first-order valence-corrected chi connectivity index (χ1v) is 21.8. The number of hydrogen-bond acceptors (Lipinski definition) is 2. The number of benzene rings is 1. The first-order chi connectivity index (χ1) is 26.1. The molecule has 1 aliphatic heterocycles. The SMILES string of the molecule is CC(C)=CCCC(C)=CCCC(C)=CCCC(C)=CCCC(C)=CCCC(C)=CCCC(C)=CCCC(C)=CCCC1(C)CCc2cc(O)c(C)c(C)c2O1. The molecule has 0 bridgehead atoms. The largest absolute Gasteiger partial charge is 0.508 e. The minimum absolute atomic E-state index is 0.147. The van der Waals surface area contributed by atoms with Crippen molar-refractivity contribution in [1.29, 1.82) is 0 Å². The quantitative estimate of drug-likeness (QED) is 0.107. The molecule has 1 aromatic carbocycles. The molecule has 0 saturated heterocycles. The number of phenolic OH excluding ortho intramolecular Hbond substituents is 1. The van der Waals surface area contributed by atoms with Crippen LogP contribution in [0.1, 0.15) is 195 Å². The van der Waals surface area contributed by atoms with E-state index in [1.54, 1.807) is 0 Å². The predicted molar refractivity (Wildman–Crippen MR) is 245 cm³/mol. The zero-order valence-corrected chi connectivity index (χ0v) is 37.8. The van der Waals surface area contributed by atoms with Crippen LogP contribution in [-0.4, -0.2) is 10.7 Å². The topological polar surface area (TPSA) is 29.5 Å². The van der Waals surface area contributed by atoms with E-state index in [0.29, 0.717) is 5.75 Å². The molecule has 2 nitrogen and oxygen atoms in total. The summed E-state index contributed by atoms with van der Waals surface area (Å²) < 4.78 is 6.56. The summed E-state index contributed by atoms with van der Waals surface area (Å²) in [6, 6.07) is 1.90. The molecule has 1 N–H and O–H groups in total. The van der Waals surface area contributed by atoms with Gasteiger partial charge in [-0.2, -0.15) is 0 Å². The highest BCUT2D eigenvalue weighted by atomic mass is 16.5. The van der Waals surface area contributed by atoms with Crippen molar-refractivity contribution in [2.75, 3.05) is 0 Å². The number of hydrogen-bond donors (Lipinski definition) is 1. The maximum absolute atomic E-state index is 10.2. The lowest BCUT2D eigenvalue weighted by Crippen LogP contribution is -2.36. The molecule has 0 saturated carbocycles. The lowest BCUT2D eigenvalue weighted by molar-refractivity contribution is 0.0560. The first kappa shape index (κ1) is 47.9. The van der Waals surface area contributed by atoms with E-state index in [1.807, 2.05) is 13.0 Å². The van der Waals surface area contributed by atoms with Gasteiger partial charge in [-0.1, -0.05) is 93.2 Å². The van der Waals surface area contributed by atoms with Gasteiger partial charge in [0.05, 0.1) is 0 Å². The van der Waals surface area contributed by atoms with E-state index in [2.05, 4.69) is 125 Å². The Bertz CT molecular complexity index is 1590. The zero-order chi connectivity index (χ0) is 40.8. The fourth-order valence-electron chi connectivity index (χ4n) is 7.35. The third-order valence-corrected chi connectivity index (χ3v) is 11.6. The van der Waals surface area contributed by atoms with Crippen LogP contribution in [0.15, 0.2) is 99.3 Å². The molecule has 55 heavy (non-hydrogen) atoms. The molecule has 1 atom stereocenters. The average Bonchev–Trinajstić information content (AvgIpc) is 3.11. The molecular formula is C53H82O2. The van der Waals surface area contributed by atoms with Crippen LogP contribution in [0.5, 0.6) is 11.5 Å². The van der Waals surface area contributed by atoms with Gasteiger partial charge in [0.2, 0.25) is 0 Å². The van der Waals surface area contributed by atoms with Crippen molar-refractivity contribution < 1.29 is 9.84 Å². The summed E-state index contributed by atoms with van der Waals surface area (Å²) in [5.41, 5.74) is 15.0. The first-order valence-electron chi connectivity index (χ1n) is 21.8. The van der Waals surface area contributed by atoms with Gasteiger partial charge in [-0.05, 0) is 221 Å². The van der Waals surface area contributed by atoms with E-state index in [1.165, 1.54) is 76.7 Å². The average molecular weight is 751 g/mol. The summed E-state index contributed by atoms with van der Waals surface area (Å²) in [7, 11) is 0. The van der Waals surface area contributed by atoms with Gasteiger partial charge in [0.25, 0.3) is 0 Å². The number of aryl methyl sites for hydroxylation is 1. The van der Waals surface area contributed by atoms with Crippen molar-refractivity contribution in [3.8, 4) is 11.5 Å². The van der Waals surface area contributed by atoms with E-state index in [4.69, 9.17) is 4.74 Å². The van der Waals surface area contributed by atoms with Gasteiger partial charge >= 0.3 is 0 Å². The molecule has 306 valence electrons. The van der Waals surface area contributed by atoms with E-state index >= 15 is 0 Å². The third-order valence-electron chi connectivity index (χ3n) is 11.6. The fraction of sp³-hybridized carbons (Fsp3) is 0.585. The Balaban J connectivity index is 1.60. The number of aromatic hydroxyl groups is 1. The molecule has 0 amide bonds. The Hall–Kier alpha value is -3.26. The second-order valence-electron chi connectivity index (χ2n) is 17.6. The minimum atomic E-state index is -0.147. The van der Waals surface area contributed by atoms with Crippen LogP contribution in [0.3, 0.4) is 0 Å². The molecule has 0 fully saturated rings. The van der Waals surface area contributed by atoms with Crippen molar-refractivity contribution in [1.82, 2.24) is 0 Å². The van der Waals surface area contributed by atoms with Crippen molar-refractivity contribution in [3.63, 3.8) is 0 Å². The van der Waals surface area contributed by atoms with E-state index in [9.17, 15) is 5.11 Å². The summed E-state index contributed by atoms with van der Waals surface area (Å²) >= 11 is 0. The van der Waals surface area contributed by atoms with E-state index in [-0.39, 0.29) is 5.60 Å². The smallest absolute Gasteiger partial charge is 0.126 e. The summed E-state index contributed by atoms with van der Waals surface area (Å²) in [5.74, 6) is 1.38. The molecule has 0 aliphatic carbocycles. The number of phenols is 1. The zero-order valence-electron chi connectivity index (χ0n) is 37.8. The highest BCUT2D eigenvalue weighted by molar-refractivity contribution is 5.53. The molecule has 1 aromatic rings.